The fourth-order valence-electron chi connectivity index (χ4n) is 2.06. The summed E-state index contributed by atoms with van der Waals surface area (Å²) in [5.41, 5.74) is 0.434. The minimum Gasteiger partial charge on any atom is -0.325 e. The van der Waals surface area contributed by atoms with Gasteiger partial charge in [-0.15, -0.1) is 0 Å². The number of carbonyl (C=O) groups is 1. The molecule has 0 radical (unpaired) electrons. The first-order valence-electron chi connectivity index (χ1n) is 6.14. The minimum atomic E-state index is -3.75. The first-order chi connectivity index (χ1) is 8.97. The highest BCUT2D eigenvalue weighted by Gasteiger charge is 2.20. The molecule has 2 rings (SSSR count). The maximum atomic E-state index is 12.0. The van der Waals surface area contributed by atoms with E-state index in [9.17, 15) is 13.2 Å². The lowest BCUT2D eigenvalue weighted by atomic mass is 10.0. The van der Waals surface area contributed by atoms with Crippen molar-refractivity contribution in [1.29, 1.82) is 0 Å². The summed E-state index contributed by atoms with van der Waals surface area (Å²) >= 11 is 0. The van der Waals surface area contributed by atoms with Crippen LogP contribution in [0.3, 0.4) is 0 Å². The zero-order valence-electron chi connectivity index (χ0n) is 10.4. The lowest BCUT2D eigenvalue weighted by molar-refractivity contribution is -0.118. The summed E-state index contributed by atoms with van der Waals surface area (Å²) in [5.74, 6) is -0.147. The number of anilines is 1. The van der Waals surface area contributed by atoms with E-state index in [2.05, 4.69) is 10.6 Å². The number of sulfonamides is 1. The molecule has 1 aliphatic rings. The van der Waals surface area contributed by atoms with Gasteiger partial charge in [0.2, 0.25) is 15.9 Å². The molecule has 0 bridgehead atoms. The van der Waals surface area contributed by atoms with Gasteiger partial charge >= 0.3 is 0 Å². The SMILES string of the molecule is NS(=O)(=O)c1cccc(NC(=O)[C@@H]2CCCCN2)c1. The molecule has 0 aliphatic carbocycles. The highest BCUT2D eigenvalue weighted by molar-refractivity contribution is 7.89. The van der Waals surface area contributed by atoms with E-state index in [0.717, 1.165) is 25.8 Å². The zero-order valence-corrected chi connectivity index (χ0v) is 11.2. The topological polar surface area (TPSA) is 101 Å². The van der Waals surface area contributed by atoms with Gasteiger partial charge in [0, 0.05) is 5.69 Å². The average molecular weight is 283 g/mol. The van der Waals surface area contributed by atoms with Crippen LogP contribution < -0.4 is 15.8 Å². The standard InChI is InChI=1S/C12H17N3O3S/c13-19(17,18)10-5-3-4-9(8-10)15-12(16)11-6-1-2-7-14-11/h3-5,8,11,14H,1-2,6-7H2,(H,15,16)(H2,13,17,18)/t11-/m0/s1. The van der Waals surface area contributed by atoms with Gasteiger partial charge in [-0.25, -0.2) is 13.6 Å². The van der Waals surface area contributed by atoms with Crippen LogP contribution in [-0.2, 0) is 14.8 Å². The third-order valence-corrected chi connectivity index (χ3v) is 3.97. The van der Waals surface area contributed by atoms with Crippen molar-refractivity contribution in [1.82, 2.24) is 5.32 Å². The number of amides is 1. The second-order valence-electron chi connectivity index (χ2n) is 4.56. The Labute approximate surface area is 112 Å². The third-order valence-electron chi connectivity index (χ3n) is 3.06. The summed E-state index contributed by atoms with van der Waals surface area (Å²) in [6, 6.07) is 5.71. The second kappa shape index (κ2) is 5.68. The molecule has 6 nitrogen and oxygen atoms in total. The molecule has 1 aromatic rings. The van der Waals surface area contributed by atoms with Crippen molar-refractivity contribution < 1.29 is 13.2 Å². The maximum absolute atomic E-state index is 12.0. The van der Waals surface area contributed by atoms with Gasteiger partial charge in [-0.05, 0) is 37.6 Å². The van der Waals surface area contributed by atoms with Crippen LogP contribution >= 0.6 is 0 Å². The Bertz CT molecular complexity index is 565. The van der Waals surface area contributed by atoms with Crippen LogP contribution in [-0.4, -0.2) is 26.9 Å². The van der Waals surface area contributed by atoms with Crippen LogP contribution in [0.2, 0.25) is 0 Å². The van der Waals surface area contributed by atoms with Crippen LogP contribution in [0.25, 0.3) is 0 Å². The fraction of sp³-hybridized carbons (Fsp3) is 0.417. The normalized spacial score (nSPS) is 19.9. The Morgan fingerprint density at radius 1 is 1.37 bits per heavy atom. The smallest absolute Gasteiger partial charge is 0.241 e. The van der Waals surface area contributed by atoms with Crippen LogP contribution in [0, 0.1) is 0 Å². The van der Waals surface area contributed by atoms with E-state index in [-0.39, 0.29) is 16.8 Å². The van der Waals surface area contributed by atoms with E-state index in [1.165, 1.54) is 12.1 Å². The third kappa shape index (κ3) is 3.76. The molecular formula is C12H17N3O3S. The highest BCUT2D eigenvalue weighted by Crippen LogP contribution is 2.15. The summed E-state index contributed by atoms with van der Waals surface area (Å²) in [6.07, 6.45) is 2.88. The van der Waals surface area contributed by atoms with Crippen LogP contribution in [0.5, 0.6) is 0 Å². The van der Waals surface area contributed by atoms with Gasteiger partial charge in [-0.2, -0.15) is 0 Å². The van der Waals surface area contributed by atoms with Crippen molar-refractivity contribution in [3.63, 3.8) is 0 Å². The van der Waals surface area contributed by atoms with E-state index in [1.54, 1.807) is 12.1 Å². The molecule has 1 aromatic carbocycles. The Morgan fingerprint density at radius 2 is 2.16 bits per heavy atom. The zero-order chi connectivity index (χ0) is 13.9. The van der Waals surface area contributed by atoms with Gasteiger partial charge in [0.05, 0.1) is 10.9 Å². The number of carbonyl (C=O) groups excluding carboxylic acids is 1. The first-order valence-corrected chi connectivity index (χ1v) is 7.68. The molecule has 1 heterocycles. The predicted molar refractivity (Wildman–Crippen MR) is 72.1 cm³/mol. The number of hydrogen-bond donors (Lipinski definition) is 3. The molecule has 0 aromatic heterocycles. The highest BCUT2D eigenvalue weighted by atomic mass is 32.2. The lowest BCUT2D eigenvalue weighted by Gasteiger charge is -2.22. The second-order valence-corrected chi connectivity index (χ2v) is 6.13. The summed E-state index contributed by atoms with van der Waals surface area (Å²) in [7, 11) is -3.75. The monoisotopic (exact) mass is 283 g/mol. The van der Waals surface area contributed by atoms with Gasteiger partial charge in [-0.3, -0.25) is 4.79 Å². The lowest BCUT2D eigenvalue weighted by Crippen LogP contribution is -2.43. The molecule has 1 saturated heterocycles. The Balaban J connectivity index is 2.08. The molecule has 1 amide bonds. The van der Waals surface area contributed by atoms with Crippen molar-refractivity contribution in [2.45, 2.75) is 30.2 Å². The van der Waals surface area contributed by atoms with Crippen LogP contribution in [0.1, 0.15) is 19.3 Å². The molecule has 4 N–H and O–H groups in total. The summed E-state index contributed by atoms with van der Waals surface area (Å²) in [4.78, 5) is 12.0. The number of primary sulfonamides is 1. The quantitative estimate of drug-likeness (QED) is 0.748. The Hall–Kier alpha value is -1.44. The minimum absolute atomic E-state index is 0.0121. The van der Waals surface area contributed by atoms with Crippen LogP contribution in [0.4, 0.5) is 5.69 Å². The maximum Gasteiger partial charge on any atom is 0.241 e. The number of hydrogen-bond acceptors (Lipinski definition) is 4. The molecule has 0 spiro atoms. The Morgan fingerprint density at radius 3 is 2.79 bits per heavy atom. The molecule has 1 atom stereocenters. The van der Waals surface area contributed by atoms with E-state index in [4.69, 9.17) is 5.14 Å². The van der Waals surface area contributed by atoms with Crippen molar-refractivity contribution in [2.24, 2.45) is 5.14 Å². The van der Waals surface area contributed by atoms with Gasteiger partial charge in [0.25, 0.3) is 0 Å². The number of benzene rings is 1. The molecule has 1 fully saturated rings. The van der Waals surface area contributed by atoms with E-state index >= 15 is 0 Å². The predicted octanol–water partition coefficient (Wildman–Crippen LogP) is 0.415. The summed E-state index contributed by atoms with van der Waals surface area (Å²) in [5, 5.41) is 10.9. The number of nitrogens with one attached hydrogen (secondary N) is 2. The number of nitrogens with two attached hydrogens (primary N) is 1. The van der Waals surface area contributed by atoms with Gasteiger partial charge in [0.1, 0.15) is 0 Å². The molecular weight excluding hydrogens is 266 g/mol. The van der Waals surface area contributed by atoms with E-state index in [1.807, 2.05) is 0 Å². The van der Waals surface area contributed by atoms with Crippen molar-refractivity contribution in [3.8, 4) is 0 Å². The summed E-state index contributed by atoms with van der Waals surface area (Å²) < 4.78 is 22.5. The summed E-state index contributed by atoms with van der Waals surface area (Å²) in [6.45, 7) is 0.829. The molecule has 0 saturated carbocycles. The Kier molecular flexibility index (Phi) is 4.18. The molecule has 0 unspecified atom stereocenters. The van der Waals surface area contributed by atoms with E-state index in [0.29, 0.717) is 5.69 Å². The van der Waals surface area contributed by atoms with Crippen molar-refractivity contribution in [3.05, 3.63) is 24.3 Å². The van der Waals surface area contributed by atoms with Gasteiger partial charge in [0.15, 0.2) is 0 Å². The largest absolute Gasteiger partial charge is 0.325 e. The molecule has 7 heteroatoms. The first kappa shape index (κ1) is 14.0. The van der Waals surface area contributed by atoms with E-state index < -0.39 is 10.0 Å². The van der Waals surface area contributed by atoms with Crippen LogP contribution in [0.15, 0.2) is 29.2 Å². The van der Waals surface area contributed by atoms with Gasteiger partial charge < -0.3 is 10.6 Å². The fourth-order valence-corrected chi connectivity index (χ4v) is 2.62. The average Bonchev–Trinajstić information content (AvgIpc) is 2.39. The van der Waals surface area contributed by atoms with Crippen molar-refractivity contribution in [2.75, 3.05) is 11.9 Å². The molecule has 19 heavy (non-hydrogen) atoms. The van der Waals surface area contributed by atoms with Gasteiger partial charge in [-0.1, -0.05) is 12.5 Å². The molecule has 104 valence electrons. The number of piperidine rings is 1. The molecule has 1 aliphatic heterocycles. The number of rotatable bonds is 3. The van der Waals surface area contributed by atoms with Crippen molar-refractivity contribution >= 4 is 21.6 Å².